The van der Waals surface area contributed by atoms with E-state index in [0.717, 1.165) is 18.5 Å². The van der Waals surface area contributed by atoms with Gasteiger partial charge in [-0.2, -0.15) is 5.10 Å². The van der Waals surface area contributed by atoms with Gasteiger partial charge in [-0.1, -0.05) is 27.7 Å². The molecule has 1 unspecified atom stereocenters. The maximum atomic E-state index is 12.2. The highest BCUT2D eigenvalue weighted by Crippen LogP contribution is 2.38. The number of rotatable bonds is 4. The van der Waals surface area contributed by atoms with Crippen LogP contribution in [0.1, 0.15) is 47.0 Å². The van der Waals surface area contributed by atoms with Crippen LogP contribution < -0.4 is 10.9 Å². The summed E-state index contributed by atoms with van der Waals surface area (Å²) in [4.78, 5) is 12.2. The Morgan fingerprint density at radius 1 is 1.55 bits per heavy atom. The second-order valence-electron chi connectivity index (χ2n) is 7.00. The molecule has 0 aliphatic heterocycles. The van der Waals surface area contributed by atoms with Crippen molar-refractivity contribution in [3.63, 3.8) is 0 Å². The molecule has 0 saturated heterocycles. The maximum absolute atomic E-state index is 12.2. The lowest BCUT2D eigenvalue weighted by Gasteiger charge is -2.19. The topological polar surface area (TPSA) is 46.9 Å². The fourth-order valence-electron chi connectivity index (χ4n) is 2.82. The van der Waals surface area contributed by atoms with Gasteiger partial charge in [-0.25, -0.2) is 4.68 Å². The Balaban J connectivity index is 2.14. The first kappa shape index (κ1) is 15.5. The summed E-state index contributed by atoms with van der Waals surface area (Å²) in [6.07, 6.45) is 5.27. The van der Waals surface area contributed by atoms with E-state index in [4.69, 9.17) is 0 Å². The van der Waals surface area contributed by atoms with Crippen molar-refractivity contribution in [3.05, 3.63) is 21.0 Å². The van der Waals surface area contributed by atoms with Crippen molar-refractivity contribution < 1.29 is 0 Å². The first-order valence-corrected chi connectivity index (χ1v) is 8.10. The summed E-state index contributed by atoms with van der Waals surface area (Å²) < 4.78 is 2.12. The van der Waals surface area contributed by atoms with E-state index in [-0.39, 0.29) is 5.56 Å². The monoisotopic (exact) mass is 341 g/mol. The molecule has 2 rings (SSSR count). The number of hydrogen-bond acceptors (Lipinski definition) is 3. The Kier molecular flexibility index (Phi) is 4.57. The molecule has 20 heavy (non-hydrogen) atoms. The Hall–Kier alpha value is -0.840. The Bertz CT molecular complexity index is 536. The molecule has 0 aromatic carbocycles. The SMILES string of the molecule is CC(C)Cn1ncc(NC2CCC(C)(C)C2)c(Br)c1=O. The lowest BCUT2D eigenvalue weighted by Crippen LogP contribution is -2.28. The average Bonchev–Trinajstić information content (AvgIpc) is 2.68. The van der Waals surface area contributed by atoms with Crippen molar-refractivity contribution in [2.45, 2.75) is 59.5 Å². The molecule has 1 fully saturated rings. The Morgan fingerprint density at radius 3 is 2.80 bits per heavy atom. The van der Waals surface area contributed by atoms with Crippen molar-refractivity contribution in [1.29, 1.82) is 0 Å². The van der Waals surface area contributed by atoms with Crippen LogP contribution in [0, 0.1) is 11.3 Å². The lowest BCUT2D eigenvalue weighted by molar-refractivity contribution is 0.378. The van der Waals surface area contributed by atoms with Crippen LogP contribution in [0.15, 0.2) is 15.5 Å². The van der Waals surface area contributed by atoms with Gasteiger partial charge in [0.2, 0.25) is 0 Å². The van der Waals surface area contributed by atoms with Crippen LogP contribution in [0.25, 0.3) is 0 Å². The summed E-state index contributed by atoms with van der Waals surface area (Å²) >= 11 is 3.42. The maximum Gasteiger partial charge on any atom is 0.283 e. The van der Waals surface area contributed by atoms with E-state index in [1.807, 2.05) is 0 Å². The van der Waals surface area contributed by atoms with Gasteiger partial charge in [0, 0.05) is 12.6 Å². The number of nitrogens with zero attached hydrogens (tertiary/aromatic N) is 2. The summed E-state index contributed by atoms with van der Waals surface area (Å²) in [6.45, 7) is 9.39. The zero-order chi connectivity index (χ0) is 14.9. The molecule has 0 radical (unpaired) electrons. The first-order valence-electron chi connectivity index (χ1n) is 7.31. The number of anilines is 1. The summed E-state index contributed by atoms with van der Waals surface area (Å²) in [7, 11) is 0. The quantitative estimate of drug-likeness (QED) is 0.909. The molecule has 1 aromatic heterocycles. The van der Waals surface area contributed by atoms with Crippen LogP contribution in [0.3, 0.4) is 0 Å². The molecule has 1 aromatic rings. The van der Waals surface area contributed by atoms with E-state index in [2.05, 4.69) is 54.0 Å². The minimum absolute atomic E-state index is 0.0547. The van der Waals surface area contributed by atoms with Gasteiger partial charge in [0.15, 0.2) is 0 Å². The van der Waals surface area contributed by atoms with Crippen molar-refractivity contribution in [2.24, 2.45) is 11.3 Å². The van der Waals surface area contributed by atoms with E-state index in [9.17, 15) is 4.79 Å². The van der Waals surface area contributed by atoms with Crippen LogP contribution in [-0.2, 0) is 6.54 Å². The molecule has 0 spiro atoms. The molecule has 1 saturated carbocycles. The Morgan fingerprint density at radius 2 is 2.25 bits per heavy atom. The van der Waals surface area contributed by atoms with Gasteiger partial charge in [0.25, 0.3) is 5.56 Å². The summed E-state index contributed by atoms with van der Waals surface area (Å²) in [5, 5.41) is 7.73. The minimum Gasteiger partial charge on any atom is -0.380 e. The predicted octanol–water partition coefficient (Wildman–Crippen LogP) is 3.65. The number of halogens is 1. The zero-order valence-corrected chi connectivity index (χ0v) is 14.3. The van der Waals surface area contributed by atoms with Crippen LogP contribution in [0.2, 0.25) is 0 Å². The number of aromatic nitrogens is 2. The first-order chi connectivity index (χ1) is 9.28. The van der Waals surface area contributed by atoms with Crippen LogP contribution in [0.5, 0.6) is 0 Å². The van der Waals surface area contributed by atoms with Crippen molar-refractivity contribution in [1.82, 2.24) is 9.78 Å². The van der Waals surface area contributed by atoms with E-state index in [1.165, 1.54) is 11.1 Å². The van der Waals surface area contributed by atoms with Gasteiger partial charge >= 0.3 is 0 Å². The largest absolute Gasteiger partial charge is 0.380 e. The number of hydrogen-bond donors (Lipinski definition) is 1. The highest BCUT2D eigenvalue weighted by Gasteiger charge is 2.31. The molecular formula is C15H24BrN3O. The van der Waals surface area contributed by atoms with E-state index in [0.29, 0.717) is 28.4 Å². The van der Waals surface area contributed by atoms with Gasteiger partial charge in [0.1, 0.15) is 4.47 Å². The summed E-state index contributed by atoms with van der Waals surface area (Å²) in [5.41, 5.74) is 1.16. The van der Waals surface area contributed by atoms with Crippen molar-refractivity contribution in [2.75, 3.05) is 5.32 Å². The molecule has 1 aliphatic rings. The molecule has 1 aliphatic carbocycles. The standard InChI is InChI=1S/C15H24BrN3O/c1-10(2)9-19-14(20)13(16)12(8-17-19)18-11-5-6-15(3,4)7-11/h8,10-11,18H,5-7,9H2,1-4H3. The normalized spacial score (nSPS) is 21.4. The van der Waals surface area contributed by atoms with E-state index >= 15 is 0 Å². The second kappa shape index (κ2) is 5.88. The fraction of sp³-hybridized carbons (Fsp3) is 0.733. The molecule has 1 atom stereocenters. The van der Waals surface area contributed by atoms with Crippen LogP contribution >= 0.6 is 15.9 Å². The van der Waals surface area contributed by atoms with Gasteiger partial charge in [-0.15, -0.1) is 0 Å². The lowest BCUT2D eigenvalue weighted by atomic mass is 9.92. The second-order valence-corrected chi connectivity index (χ2v) is 7.79. The van der Waals surface area contributed by atoms with Gasteiger partial charge < -0.3 is 5.32 Å². The molecule has 4 nitrogen and oxygen atoms in total. The highest BCUT2D eigenvalue weighted by molar-refractivity contribution is 9.10. The smallest absolute Gasteiger partial charge is 0.283 e. The minimum atomic E-state index is -0.0547. The molecule has 1 N–H and O–H groups in total. The van der Waals surface area contributed by atoms with E-state index in [1.54, 1.807) is 6.20 Å². The number of nitrogens with one attached hydrogen (secondary N) is 1. The van der Waals surface area contributed by atoms with E-state index < -0.39 is 0 Å². The van der Waals surface area contributed by atoms with Crippen molar-refractivity contribution >= 4 is 21.6 Å². The predicted molar refractivity (Wildman–Crippen MR) is 86.1 cm³/mol. The molecule has 0 bridgehead atoms. The fourth-order valence-corrected chi connectivity index (χ4v) is 3.24. The summed E-state index contributed by atoms with van der Waals surface area (Å²) in [6, 6.07) is 0.434. The van der Waals surface area contributed by atoms with Gasteiger partial charge in [0.05, 0.1) is 11.9 Å². The molecule has 5 heteroatoms. The zero-order valence-electron chi connectivity index (χ0n) is 12.7. The molecular weight excluding hydrogens is 318 g/mol. The highest BCUT2D eigenvalue weighted by atomic mass is 79.9. The summed E-state index contributed by atoms with van der Waals surface area (Å²) in [5.74, 6) is 0.404. The third-order valence-electron chi connectivity index (χ3n) is 3.85. The molecule has 112 valence electrons. The van der Waals surface area contributed by atoms with Gasteiger partial charge in [-0.3, -0.25) is 4.79 Å². The molecule has 0 amide bonds. The molecule has 1 heterocycles. The average molecular weight is 342 g/mol. The van der Waals surface area contributed by atoms with Gasteiger partial charge in [-0.05, 0) is 46.5 Å². The Labute approximate surface area is 129 Å². The van der Waals surface area contributed by atoms with Crippen molar-refractivity contribution in [3.8, 4) is 0 Å². The third-order valence-corrected chi connectivity index (χ3v) is 4.62. The van der Waals surface area contributed by atoms with Crippen LogP contribution in [-0.4, -0.2) is 15.8 Å². The van der Waals surface area contributed by atoms with Crippen LogP contribution in [0.4, 0.5) is 5.69 Å². The third kappa shape index (κ3) is 3.62.